The highest BCUT2D eigenvalue weighted by molar-refractivity contribution is 5.81. The van der Waals surface area contributed by atoms with Gasteiger partial charge in [-0.1, -0.05) is 12.7 Å². The van der Waals surface area contributed by atoms with E-state index < -0.39 is 0 Å². The van der Waals surface area contributed by atoms with Gasteiger partial charge in [-0.2, -0.15) is 0 Å². The second-order valence-electron chi connectivity index (χ2n) is 2.28. The van der Waals surface area contributed by atoms with Crippen LogP contribution in [-0.2, 0) is 9.53 Å². The summed E-state index contributed by atoms with van der Waals surface area (Å²) in [6, 6.07) is 0. The van der Waals surface area contributed by atoms with Gasteiger partial charge in [0.2, 0.25) is 0 Å². The lowest BCUT2D eigenvalue weighted by Crippen LogP contribution is -2.31. The molecule has 1 aliphatic rings. The Morgan fingerprint density at radius 3 is 3.18 bits per heavy atom. The van der Waals surface area contributed by atoms with Gasteiger partial charge in [0.05, 0.1) is 0 Å². The van der Waals surface area contributed by atoms with Crippen LogP contribution in [0.1, 0.15) is 12.8 Å². The number of carbonyl (C=O) groups excluding carboxylic acids is 1. The maximum absolute atomic E-state index is 10.7. The van der Waals surface area contributed by atoms with Gasteiger partial charge >= 0.3 is 5.97 Å². The summed E-state index contributed by atoms with van der Waals surface area (Å²) < 4.78 is 4.92. The number of hydrogen-bond acceptors (Lipinski definition) is 3. The number of esters is 1. The van der Waals surface area contributed by atoms with Crippen molar-refractivity contribution in [1.29, 1.82) is 0 Å². The number of ether oxygens (including phenoxy) is 1. The number of hydrogen-bond donors (Lipinski definition) is 1. The molecule has 0 saturated carbocycles. The molecule has 0 spiro atoms. The maximum atomic E-state index is 10.7. The van der Waals surface area contributed by atoms with Crippen LogP contribution in [0.4, 0.5) is 0 Å². The van der Waals surface area contributed by atoms with Crippen LogP contribution in [0.5, 0.6) is 0 Å². The Labute approximate surface area is 65.7 Å². The summed E-state index contributed by atoms with van der Waals surface area (Å²) in [5.41, 5.74) is 0. The third kappa shape index (κ3) is 2.45. The van der Waals surface area contributed by atoms with Crippen molar-refractivity contribution in [2.75, 3.05) is 0 Å². The van der Waals surface area contributed by atoms with Crippen molar-refractivity contribution >= 4 is 5.97 Å². The van der Waals surface area contributed by atoms with Crippen molar-refractivity contribution in [1.82, 2.24) is 5.32 Å². The first-order valence-electron chi connectivity index (χ1n) is 3.57. The summed E-state index contributed by atoms with van der Waals surface area (Å²) in [5, 5.41) is 2.91. The molecule has 60 valence electrons. The van der Waals surface area contributed by atoms with Crippen LogP contribution < -0.4 is 5.32 Å². The maximum Gasteiger partial charge on any atom is 0.332 e. The van der Waals surface area contributed by atoms with Crippen LogP contribution in [0.3, 0.4) is 0 Å². The van der Waals surface area contributed by atoms with Crippen molar-refractivity contribution in [2.45, 2.75) is 19.1 Å². The Kier molecular flexibility index (Phi) is 2.72. The zero-order valence-electron chi connectivity index (χ0n) is 6.25. The quantitative estimate of drug-likeness (QED) is 0.474. The zero-order valence-corrected chi connectivity index (χ0v) is 6.25. The molecule has 3 heteroatoms. The molecule has 1 unspecified atom stereocenters. The third-order valence-electron chi connectivity index (χ3n) is 1.42. The first kappa shape index (κ1) is 7.85. The van der Waals surface area contributed by atoms with Gasteiger partial charge in [-0.25, -0.2) is 4.79 Å². The van der Waals surface area contributed by atoms with Gasteiger partial charge in [-0.15, -0.1) is 0 Å². The fourth-order valence-corrected chi connectivity index (χ4v) is 0.871. The Morgan fingerprint density at radius 1 is 1.82 bits per heavy atom. The lowest BCUT2D eigenvalue weighted by molar-refractivity contribution is -0.144. The molecule has 3 nitrogen and oxygen atoms in total. The molecular weight excluding hydrogens is 142 g/mol. The number of allylic oxidation sites excluding steroid dienone is 1. The summed E-state index contributed by atoms with van der Waals surface area (Å²) in [6.07, 6.45) is 6.56. The van der Waals surface area contributed by atoms with Gasteiger partial charge in [0.25, 0.3) is 0 Å². The molecule has 0 aliphatic carbocycles. The predicted octanol–water partition coefficient (Wildman–Crippen LogP) is 0.939. The molecule has 0 amide bonds. The lowest BCUT2D eigenvalue weighted by Gasteiger charge is -2.19. The molecule has 1 heterocycles. The highest BCUT2D eigenvalue weighted by Crippen LogP contribution is 2.05. The van der Waals surface area contributed by atoms with Crippen LogP contribution in [0, 0.1) is 0 Å². The largest absolute Gasteiger partial charge is 0.439 e. The zero-order chi connectivity index (χ0) is 8.10. The first-order chi connectivity index (χ1) is 5.33. The van der Waals surface area contributed by atoms with Gasteiger partial charge in [-0.3, -0.25) is 0 Å². The van der Waals surface area contributed by atoms with E-state index in [-0.39, 0.29) is 12.2 Å². The van der Waals surface area contributed by atoms with Gasteiger partial charge < -0.3 is 10.1 Å². The second kappa shape index (κ2) is 3.81. The van der Waals surface area contributed by atoms with E-state index in [4.69, 9.17) is 4.74 Å². The van der Waals surface area contributed by atoms with Crippen molar-refractivity contribution in [3.05, 3.63) is 24.9 Å². The van der Waals surface area contributed by atoms with Crippen LogP contribution in [0.15, 0.2) is 24.9 Å². The molecule has 0 fully saturated rings. The van der Waals surface area contributed by atoms with E-state index in [2.05, 4.69) is 11.9 Å². The normalized spacial score (nSPS) is 22.0. The third-order valence-corrected chi connectivity index (χ3v) is 1.42. The van der Waals surface area contributed by atoms with Gasteiger partial charge in [0, 0.05) is 12.5 Å². The number of rotatable bonds is 2. The van der Waals surface area contributed by atoms with Crippen LogP contribution in [0.25, 0.3) is 0 Å². The van der Waals surface area contributed by atoms with E-state index >= 15 is 0 Å². The molecule has 11 heavy (non-hydrogen) atoms. The first-order valence-corrected chi connectivity index (χ1v) is 3.57. The molecule has 0 aromatic rings. The summed E-state index contributed by atoms with van der Waals surface area (Å²) in [4.78, 5) is 10.7. The summed E-state index contributed by atoms with van der Waals surface area (Å²) in [7, 11) is 0. The number of carbonyl (C=O) groups is 1. The standard InChI is InChI=1S/C8H11NO2/c1-2-8(10)11-7-5-3-4-6-9-7/h2,4,6-7,9H,1,3,5H2. The van der Waals surface area contributed by atoms with Gasteiger partial charge in [0.1, 0.15) is 0 Å². The smallest absolute Gasteiger partial charge is 0.332 e. The van der Waals surface area contributed by atoms with Crippen molar-refractivity contribution in [3.63, 3.8) is 0 Å². The Balaban J connectivity index is 2.31. The molecule has 0 aromatic heterocycles. The van der Waals surface area contributed by atoms with Gasteiger partial charge in [0.15, 0.2) is 6.23 Å². The van der Waals surface area contributed by atoms with Crippen LogP contribution in [-0.4, -0.2) is 12.2 Å². The molecule has 1 aliphatic heterocycles. The van der Waals surface area contributed by atoms with Crippen molar-refractivity contribution in [3.8, 4) is 0 Å². The Morgan fingerprint density at radius 2 is 2.64 bits per heavy atom. The molecule has 0 bridgehead atoms. The van der Waals surface area contributed by atoms with E-state index in [0.29, 0.717) is 0 Å². The molecule has 0 saturated heterocycles. The molecular formula is C8H11NO2. The van der Waals surface area contributed by atoms with Gasteiger partial charge in [-0.05, 0) is 12.6 Å². The average Bonchev–Trinajstić information content (AvgIpc) is 2.06. The van der Waals surface area contributed by atoms with E-state index in [1.54, 1.807) is 6.20 Å². The SMILES string of the molecule is C=CC(=O)OC1CCC=CN1. The fraction of sp³-hybridized carbons (Fsp3) is 0.375. The minimum absolute atomic E-state index is 0.175. The van der Waals surface area contributed by atoms with E-state index in [1.165, 1.54) is 6.08 Å². The Bertz CT molecular complexity index is 187. The predicted molar refractivity (Wildman–Crippen MR) is 41.6 cm³/mol. The minimum atomic E-state index is -0.377. The molecule has 1 N–H and O–H groups in total. The van der Waals surface area contributed by atoms with Crippen LogP contribution >= 0.6 is 0 Å². The summed E-state index contributed by atoms with van der Waals surface area (Å²) >= 11 is 0. The second-order valence-corrected chi connectivity index (χ2v) is 2.28. The van der Waals surface area contributed by atoms with E-state index in [0.717, 1.165) is 12.8 Å². The average molecular weight is 153 g/mol. The molecule has 1 rings (SSSR count). The van der Waals surface area contributed by atoms with E-state index in [9.17, 15) is 4.79 Å². The molecule has 1 atom stereocenters. The van der Waals surface area contributed by atoms with Crippen molar-refractivity contribution in [2.24, 2.45) is 0 Å². The summed E-state index contributed by atoms with van der Waals surface area (Å²) in [5.74, 6) is -0.377. The Hall–Kier alpha value is -1.25. The monoisotopic (exact) mass is 153 g/mol. The highest BCUT2D eigenvalue weighted by Gasteiger charge is 2.11. The minimum Gasteiger partial charge on any atom is -0.439 e. The number of nitrogens with one attached hydrogen (secondary N) is 1. The highest BCUT2D eigenvalue weighted by atomic mass is 16.6. The molecule has 0 aromatic carbocycles. The van der Waals surface area contributed by atoms with Crippen LogP contribution in [0.2, 0.25) is 0 Å². The molecule has 0 radical (unpaired) electrons. The fourth-order valence-electron chi connectivity index (χ4n) is 0.871. The van der Waals surface area contributed by atoms with Crippen molar-refractivity contribution < 1.29 is 9.53 Å². The topological polar surface area (TPSA) is 38.3 Å². The summed E-state index contributed by atoms with van der Waals surface area (Å²) in [6.45, 7) is 3.31. The lowest BCUT2D eigenvalue weighted by atomic mass is 10.2. The van der Waals surface area contributed by atoms with E-state index in [1.807, 2.05) is 6.08 Å².